The summed E-state index contributed by atoms with van der Waals surface area (Å²) in [7, 11) is 0. The fourth-order valence-electron chi connectivity index (χ4n) is 3.81. The van der Waals surface area contributed by atoms with Gasteiger partial charge in [0.05, 0.1) is 18.6 Å². The van der Waals surface area contributed by atoms with Crippen LogP contribution in [0.5, 0.6) is 0 Å². The van der Waals surface area contributed by atoms with Crippen LogP contribution in [0.15, 0.2) is 28.0 Å². The molecule has 1 saturated heterocycles. The second-order valence-corrected chi connectivity index (χ2v) is 10.3. The number of thioether (sulfide) groups is 1. The smallest absolute Gasteiger partial charge is 0.321 e. The zero-order valence-corrected chi connectivity index (χ0v) is 19.7. The van der Waals surface area contributed by atoms with Gasteiger partial charge in [0.15, 0.2) is 5.16 Å². The van der Waals surface area contributed by atoms with Gasteiger partial charge in [-0.2, -0.15) is 0 Å². The summed E-state index contributed by atoms with van der Waals surface area (Å²) in [6.45, 7) is 12.4. The zero-order valence-electron chi connectivity index (χ0n) is 18.8. The molecule has 0 saturated carbocycles. The number of anilines is 1. The van der Waals surface area contributed by atoms with E-state index >= 15 is 0 Å². The standard InChI is InChI=1S/C21H32N6O3S/c1-14-9-15(2)11-26(10-14)19-24-25-20(27(19)12-16-7-6-8-30-16)31-13-17(28)22-18(29)23-21(3,4)5/h6-8,14-15H,9-13H2,1-5H3,(H2,22,23,28,29)/t14-,15-/m0/s1. The Bertz CT molecular complexity index is 880. The molecule has 0 bridgehead atoms. The molecule has 1 aliphatic rings. The van der Waals surface area contributed by atoms with E-state index in [4.69, 9.17) is 4.42 Å². The first-order valence-corrected chi connectivity index (χ1v) is 11.5. The quantitative estimate of drug-likeness (QED) is 0.654. The second-order valence-electron chi connectivity index (χ2n) is 9.34. The maximum Gasteiger partial charge on any atom is 0.321 e. The minimum atomic E-state index is -0.507. The average molecular weight is 449 g/mol. The highest BCUT2D eigenvalue weighted by Crippen LogP contribution is 2.29. The van der Waals surface area contributed by atoms with E-state index in [9.17, 15) is 9.59 Å². The third kappa shape index (κ3) is 6.75. The molecule has 1 fully saturated rings. The van der Waals surface area contributed by atoms with Gasteiger partial charge in [-0.1, -0.05) is 25.6 Å². The van der Waals surface area contributed by atoms with E-state index in [1.165, 1.54) is 18.2 Å². The van der Waals surface area contributed by atoms with E-state index in [0.717, 1.165) is 24.8 Å². The van der Waals surface area contributed by atoms with Crippen LogP contribution >= 0.6 is 11.8 Å². The van der Waals surface area contributed by atoms with Crippen LogP contribution in [0.4, 0.5) is 10.7 Å². The number of rotatable bonds is 6. The number of piperidine rings is 1. The van der Waals surface area contributed by atoms with Crippen LogP contribution in [-0.4, -0.2) is 51.1 Å². The molecule has 1 aliphatic heterocycles. The summed E-state index contributed by atoms with van der Waals surface area (Å²) < 4.78 is 7.52. The molecule has 2 aromatic rings. The maximum atomic E-state index is 12.3. The van der Waals surface area contributed by atoms with Gasteiger partial charge in [-0.15, -0.1) is 10.2 Å². The van der Waals surface area contributed by atoms with E-state index < -0.39 is 11.6 Å². The van der Waals surface area contributed by atoms with Crippen molar-refractivity contribution in [3.8, 4) is 0 Å². The number of aromatic nitrogens is 3. The van der Waals surface area contributed by atoms with Gasteiger partial charge in [-0.05, 0) is 51.2 Å². The van der Waals surface area contributed by atoms with E-state index in [0.29, 0.717) is 23.5 Å². The van der Waals surface area contributed by atoms with Crippen molar-refractivity contribution >= 4 is 29.6 Å². The van der Waals surface area contributed by atoms with Crippen LogP contribution in [0, 0.1) is 11.8 Å². The van der Waals surface area contributed by atoms with Crippen molar-refractivity contribution in [2.24, 2.45) is 11.8 Å². The Morgan fingerprint density at radius 2 is 1.94 bits per heavy atom. The molecule has 2 aromatic heterocycles. The Labute approximate surface area is 187 Å². The van der Waals surface area contributed by atoms with Gasteiger partial charge in [-0.25, -0.2) is 4.79 Å². The molecule has 2 N–H and O–H groups in total. The fourth-order valence-corrected chi connectivity index (χ4v) is 4.54. The van der Waals surface area contributed by atoms with Crippen molar-refractivity contribution < 1.29 is 14.0 Å². The van der Waals surface area contributed by atoms with Crippen LogP contribution in [-0.2, 0) is 11.3 Å². The van der Waals surface area contributed by atoms with E-state index in [1.807, 2.05) is 37.5 Å². The lowest BCUT2D eigenvalue weighted by Crippen LogP contribution is -2.48. The predicted molar refractivity (Wildman–Crippen MR) is 120 cm³/mol. The summed E-state index contributed by atoms with van der Waals surface area (Å²) >= 11 is 1.25. The number of amides is 3. The number of carbonyl (C=O) groups excluding carboxylic acids is 2. The van der Waals surface area contributed by atoms with Gasteiger partial charge in [0.1, 0.15) is 5.76 Å². The minimum Gasteiger partial charge on any atom is -0.467 e. The molecule has 0 unspecified atom stereocenters. The molecule has 0 aliphatic carbocycles. The fraction of sp³-hybridized carbons (Fsp3) is 0.619. The Kier molecular flexibility index (Phi) is 7.30. The monoisotopic (exact) mass is 448 g/mol. The molecule has 0 spiro atoms. The molecule has 31 heavy (non-hydrogen) atoms. The summed E-state index contributed by atoms with van der Waals surface area (Å²) in [5, 5.41) is 14.5. The number of urea groups is 1. The van der Waals surface area contributed by atoms with Crippen LogP contribution in [0.1, 0.15) is 46.8 Å². The lowest BCUT2D eigenvalue weighted by molar-refractivity contribution is -0.117. The zero-order chi connectivity index (χ0) is 22.6. The normalized spacial score (nSPS) is 19.3. The van der Waals surface area contributed by atoms with Crippen molar-refractivity contribution in [1.29, 1.82) is 0 Å². The van der Waals surface area contributed by atoms with Gasteiger partial charge >= 0.3 is 6.03 Å². The van der Waals surface area contributed by atoms with E-state index in [2.05, 4.69) is 39.6 Å². The van der Waals surface area contributed by atoms with Crippen molar-refractivity contribution in [1.82, 2.24) is 25.4 Å². The Morgan fingerprint density at radius 1 is 1.23 bits per heavy atom. The minimum absolute atomic E-state index is 0.0562. The van der Waals surface area contributed by atoms with Gasteiger partial charge in [0.2, 0.25) is 11.9 Å². The Balaban J connectivity index is 1.71. The number of nitrogens with one attached hydrogen (secondary N) is 2. The summed E-state index contributed by atoms with van der Waals surface area (Å²) in [6.07, 6.45) is 2.83. The third-order valence-electron chi connectivity index (χ3n) is 4.82. The lowest BCUT2D eigenvalue weighted by Gasteiger charge is -2.35. The molecular weight excluding hydrogens is 416 g/mol. The largest absolute Gasteiger partial charge is 0.467 e. The molecule has 3 amide bonds. The third-order valence-corrected chi connectivity index (χ3v) is 5.78. The highest BCUT2D eigenvalue weighted by Gasteiger charge is 2.27. The number of nitrogens with zero attached hydrogens (tertiary/aromatic N) is 4. The average Bonchev–Trinajstić information content (AvgIpc) is 3.28. The second kappa shape index (κ2) is 9.76. The molecular formula is C21H32N6O3S. The Hall–Kier alpha value is -2.49. The first-order valence-electron chi connectivity index (χ1n) is 10.6. The van der Waals surface area contributed by atoms with Crippen molar-refractivity contribution in [2.75, 3.05) is 23.7 Å². The molecule has 170 valence electrons. The summed E-state index contributed by atoms with van der Waals surface area (Å²) in [6, 6.07) is 3.24. The van der Waals surface area contributed by atoms with Crippen LogP contribution in [0.2, 0.25) is 0 Å². The van der Waals surface area contributed by atoms with Crippen LogP contribution < -0.4 is 15.5 Å². The molecule has 0 aromatic carbocycles. The number of hydrogen-bond acceptors (Lipinski definition) is 7. The molecule has 9 nitrogen and oxygen atoms in total. The van der Waals surface area contributed by atoms with Gasteiger partial charge in [0.25, 0.3) is 0 Å². The molecule has 2 atom stereocenters. The van der Waals surface area contributed by atoms with Crippen molar-refractivity contribution in [3.05, 3.63) is 24.2 Å². The molecule has 10 heteroatoms. The lowest BCUT2D eigenvalue weighted by atomic mass is 9.92. The SMILES string of the molecule is C[C@H]1C[C@H](C)CN(c2nnc(SCC(=O)NC(=O)NC(C)(C)C)n2Cc2ccco2)C1. The summed E-state index contributed by atoms with van der Waals surface area (Å²) in [4.78, 5) is 26.4. The topological polar surface area (TPSA) is 105 Å². The molecule has 0 radical (unpaired) electrons. The molecule has 3 heterocycles. The van der Waals surface area contributed by atoms with E-state index in [1.54, 1.807) is 6.26 Å². The number of hydrogen-bond donors (Lipinski definition) is 2. The summed E-state index contributed by atoms with van der Waals surface area (Å²) in [5.74, 6) is 2.38. The predicted octanol–water partition coefficient (Wildman–Crippen LogP) is 3.12. The van der Waals surface area contributed by atoms with Crippen LogP contribution in [0.25, 0.3) is 0 Å². The first kappa shape index (κ1) is 23.2. The van der Waals surface area contributed by atoms with Gasteiger partial charge in [-0.3, -0.25) is 14.7 Å². The maximum absolute atomic E-state index is 12.3. The number of furan rings is 1. The van der Waals surface area contributed by atoms with Crippen molar-refractivity contribution in [2.45, 2.75) is 58.3 Å². The highest BCUT2D eigenvalue weighted by atomic mass is 32.2. The van der Waals surface area contributed by atoms with E-state index in [-0.39, 0.29) is 11.7 Å². The van der Waals surface area contributed by atoms with Crippen LogP contribution in [0.3, 0.4) is 0 Å². The molecule has 3 rings (SSSR count). The number of carbonyl (C=O) groups is 2. The van der Waals surface area contributed by atoms with Gasteiger partial charge < -0.3 is 14.6 Å². The first-order chi connectivity index (χ1) is 14.6. The highest BCUT2D eigenvalue weighted by molar-refractivity contribution is 7.99. The van der Waals surface area contributed by atoms with Gasteiger partial charge in [0, 0.05) is 18.6 Å². The van der Waals surface area contributed by atoms with Crippen molar-refractivity contribution in [3.63, 3.8) is 0 Å². The Morgan fingerprint density at radius 3 is 2.55 bits per heavy atom. The summed E-state index contributed by atoms with van der Waals surface area (Å²) in [5.41, 5.74) is -0.418. The number of imide groups is 1.